The van der Waals surface area contributed by atoms with Crippen LogP contribution in [0.4, 0.5) is 0 Å². The molecule has 2 aliphatic rings. The second-order valence-electron chi connectivity index (χ2n) is 13.1. The summed E-state index contributed by atoms with van der Waals surface area (Å²) in [5.74, 6) is 1.02. The molecule has 48 heavy (non-hydrogen) atoms. The molecule has 2 heterocycles. The largest absolute Gasteiger partial charge is 0.494 e. The van der Waals surface area contributed by atoms with Crippen LogP contribution in [0.3, 0.4) is 0 Å². The molecule has 0 atom stereocenters. The summed E-state index contributed by atoms with van der Waals surface area (Å²) in [6.45, 7) is 11.4. The lowest BCUT2D eigenvalue weighted by Gasteiger charge is -2.37. The van der Waals surface area contributed by atoms with Gasteiger partial charge in [-0.2, -0.15) is 0 Å². The summed E-state index contributed by atoms with van der Waals surface area (Å²) in [7, 11) is 0. The van der Waals surface area contributed by atoms with Crippen LogP contribution in [0.1, 0.15) is 60.2 Å². The minimum atomic E-state index is -0.501. The van der Waals surface area contributed by atoms with E-state index in [1.807, 2.05) is 0 Å². The fourth-order valence-corrected chi connectivity index (χ4v) is 4.98. The Morgan fingerprint density at radius 1 is 0.521 bits per heavy atom. The standard InChI is InChI=1S/C38H46O10/c1-37(25-43-26-37)23-41-19-3-5-21-45-31-11-7-29(8-12-31)35(39)47-33-15-17-34(18-16-33)48-36(40)30-9-13-32(14-10-30)46-22-6-4-20-42-24-38(2)27-44-28-38/h7-18H,3-6,19-28H2,1-2H3. The van der Waals surface area contributed by atoms with Gasteiger partial charge in [-0.05, 0) is 98.5 Å². The maximum Gasteiger partial charge on any atom is 0.343 e. The third kappa shape index (κ3) is 11.1. The first-order chi connectivity index (χ1) is 23.3. The Morgan fingerprint density at radius 3 is 1.19 bits per heavy atom. The minimum absolute atomic E-state index is 0.171. The van der Waals surface area contributed by atoms with Crippen LogP contribution in [-0.4, -0.2) is 78.0 Å². The van der Waals surface area contributed by atoms with Gasteiger partial charge in [0.2, 0.25) is 0 Å². The molecule has 10 nitrogen and oxygen atoms in total. The molecule has 2 fully saturated rings. The second-order valence-corrected chi connectivity index (χ2v) is 13.1. The van der Waals surface area contributed by atoms with Crippen LogP contribution in [0.5, 0.6) is 23.0 Å². The van der Waals surface area contributed by atoms with Crippen LogP contribution in [-0.2, 0) is 18.9 Å². The number of esters is 2. The molecule has 0 bridgehead atoms. The Labute approximate surface area is 282 Å². The van der Waals surface area contributed by atoms with E-state index in [-0.39, 0.29) is 10.8 Å². The number of ether oxygens (including phenoxy) is 8. The van der Waals surface area contributed by atoms with Crippen LogP contribution in [0, 0.1) is 10.8 Å². The van der Waals surface area contributed by atoms with Crippen molar-refractivity contribution in [1.29, 1.82) is 0 Å². The fraction of sp³-hybridized carbons (Fsp3) is 0.474. The van der Waals surface area contributed by atoms with E-state index in [2.05, 4.69) is 13.8 Å². The van der Waals surface area contributed by atoms with Gasteiger partial charge in [0.15, 0.2) is 0 Å². The molecule has 3 aromatic carbocycles. The predicted molar refractivity (Wildman–Crippen MR) is 178 cm³/mol. The zero-order valence-electron chi connectivity index (χ0n) is 27.9. The van der Waals surface area contributed by atoms with Gasteiger partial charge >= 0.3 is 11.9 Å². The zero-order chi connectivity index (χ0) is 33.7. The molecule has 0 spiro atoms. The first-order valence-corrected chi connectivity index (χ1v) is 16.6. The van der Waals surface area contributed by atoms with Crippen LogP contribution in [0.2, 0.25) is 0 Å². The molecule has 0 aromatic heterocycles. The molecule has 0 saturated carbocycles. The van der Waals surface area contributed by atoms with E-state index in [9.17, 15) is 9.59 Å². The second kappa shape index (κ2) is 17.4. The third-order valence-electron chi connectivity index (χ3n) is 8.03. The quantitative estimate of drug-likeness (QED) is 0.0751. The van der Waals surface area contributed by atoms with Crippen molar-refractivity contribution in [3.8, 4) is 23.0 Å². The fourth-order valence-electron chi connectivity index (χ4n) is 4.98. The number of carbonyl (C=O) groups excluding carboxylic acids is 2. The van der Waals surface area contributed by atoms with Gasteiger partial charge in [0, 0.05) is 24.0 Å². The van der Waals surface area contributed by atoms with Crippen molar-refractivity contribution in [3.05, 3.63) is 83.9 Å². The highest BCUT2D eigenvalue weighted by molar-refractivity contribution is 5.92. The maximum absolute atomic E-state index is 12.6. The van der Waals surface area contributed by atoms with Gasteiger partial charge in [-0.25, -0.2) is 9.59 Å². The molecule has 0 radical (unpaired) electrons. The van der Waals surface area contributed by atoms with Crippen LogP contribution >= 0.6 is 0 Å². The lowest BCUT2D eigenvalue weighted by Crippen LogP contribution is -2.43. The van der Waals surface area contributed by atoms with Crippen LogP contribution < -0.4 is 18.9 Å². The predicted octanol–water partition coefficient (Wildman–Crippen LogP) is 6.55. The van der Waals surface area contributed by atoms with Gasteiger partial charge in [-0.1, -0.05) is 13.8 Å². The first-order valence-electron chi connectivity index (χ1n) is 16.6. The van der Waals surface area contributed by atoms with E-state index >= 15 is 0 Å². The summed E-state index contributed by atoms with van der Waals surface area (Å²) in [6.07, 6.45) is 3.57. The number of carbonyl (C=O) groups is 2. The zero-order valence-corrected chi connectivity index (χ0v) is 27.9. The number of hydrogen-bond acceptors (Lipinski definition) is 10. The van der Waals surface area contributed by atoms with Crippen LogP contribution in [0.25, 0.3) is 0 Å². The van der Waals surface area contributed by atoms with E-state index in [0.717, 1.165) is 65.3 Å². The Hall–Kier alpha value is -3.96. The monoisotopic (exact) mass is 662 g/mol. The van der Waals surface area contributed by atoms with Gasteiger partial charge in [0.25, 0.3) is 0 Å². The van der Waals surface area contributed by atoms with Gasteiger partial charge in [0.1, 0.15) is 23.0 Å². The first kappa shape index (κ1) is 35.3. The number of benzene rings is 3. The lowest BCUT2D eigenvalue weighted by molar-refractivity contribution is -0.138. The molecule has 0 N–H and O–H groups in total. The van der Waals surface area contributed by atoms with E-state index < -0.39 is 11.9 Å². The Balaban J connectivity index is 0.945. The topological polar surface area (TPSA) is 108 Å². The molecular weight excluding hydrogens is 616 g/mol. The molecular formula is C38H46O10. The molecule has 0 aliphatic carbocycles. The van der Waals surface area contributed by atoms with E-state index in [1.54, 1.807) is 72.8 Å². The SMILES string of the molecule is CC1(COCCCCOc2ccc(C(=O)Oc3ccc(OC(=O)c4ccc(OCCCCOCC5(C)COC5)cc4)cc3)cc2)COC1. The highest BCUT2D eigenvalue weighted by Gasteiger charge is 2.34. The van der Waals surface area contributed by atoms with Crippen molar-refractivity contribution < 1.29 is 47.5 Å². The summed E-state index contributed by atoms with van der Waals surface area (Å²) in [4.78, 5) is 25.3. The Bertz CT molecular complexity index is 1320. The number of rotatable bonds is 20. The molecule has 2 aliphatic heterocycles. The van der Waals surface area contributed by atoms with Crippen molar-refractivity contribution in [2.45, 2.75) is 39.5 Å². The molecule has 10 heteroatoms. The third-order valence-corrected chi connectivity index (χ3v) is 8.03. The van der Waals surface area contributed by atoms with Crippen molar-refractivity contribution in [2.75, 3.05) is 66.1 Å². The van der Waals surface area contributed by atoms with Crippen molar-refractivity contribution in [2.24, 2.45) is 10.8 Å². The van der Waals surface area contributed by atoms with E-state index in [0.29, 0.717) is 60.6 Å². The Morgan fingerprint density at radius 2 is 0.854 bits per heavy atom. The molecule has 3 aromatic rings. The minimum Gasteiger partial charge on any atom is -0.494 e. The average Bonchev–Trinajstić information content (AvgIpc) is 3.07. The molecule has 5 rings (SSSR count). The van der Waals surface area contributed by atoms with Gasteiger partial charge in [0.05, 0.1) is 64.0 Å². The lowest BCUT2D eigenvalue weighted by atomic mass is 9.90. The summed E-state index contributed by atoms with van der Waals surface area (Å²) in [5, 5.41) is 0. The Kier molecular flexibility index (Phi) is 12.8. The molecule has 0 unspecified atom stereocenters. The summed E-state index contributed by atoms with van der Waals surface area (Å²) in [5.41, 5.74) is 1.13. The summed E-state index contributed by atoms with van der Waals surface area (Å²) < 4.78 is 44.5. The van der Waals surface area contributed by atoms with Crippen molar-refractivity contribution >= 4 is 11.9 Å². The smallest absolute Gasteiger partial charge is 0.343 e. The van der Waals surface area contributed by atoms with Crippen molar-refractivity contribution in [3.63, 3.8) is 0 Å². The van der Waals surface area contributed by atoms with Gasteiger partial charge in [-0.15, -0.1) is 0 Å². The number of hydrogen-bond donors (Lipinski definition) is 0. The molecule has 258 valence electrons. The average molecular weight is 663 g/mol. The highest BCUT2D eigenvalue weighted by Crippen LogP contribution is 2.27. The van der Waals surface area contributed by atoms with Gasteiger partial charge in [-0.3, -0.25) is 0 Å². The van der Waals surface area contributed by atoms with Gasteiger partial charge < -0.3 is 37.9 Å². The normalized spacial score (nSPS) is 15.9. The summed E-state index contributed by atoms with van der Waals surface area (Å²) >= 11 is 0. The van der Waals surface area contributed by atoms with E-state index in [4.69, 9.17) is 37.9 Å². The maximum atomic E-state index is 12.6. The van der Waals surface area contributed by atoms with E-state index in [1.165, 1.54) is 0 Å². The molecule has 0 amide bonds. The van der Waals surface area contributed by atoms with Crippen LogP contribution in [0.15, 0.2) is 72.8 Å². The molecule has 2 saturated heterocycles. The van der Waals surface area contributed by atoms with Crippen molar-refractivity contribution in [1.82, 2.24) is 0 Å². The highest BCUT2D eigenvalue weighted by atomic mass is 16.5. The number of unbranched alkanes of at least 4 members (excludes halogenated alkanes) is 2. The summed E-state index contributed by atoms with van der Waals surface area (Å²) in [6, 6.07) is 19.9.